The first kappa shape index (κ1) is 34.4. The Labute approximate surface area is 270 Å². The second-order valence-electron chi connectivity index (χ2n) is 10.7. The number of anilines is 1. The van der Waals surface area contributed by atoms with Crippen LogP contribution in [0, 0.1) is 0 Å². The zero-order valence-corrected chi connectivity index (χ0v) is 26.8. The molecule has 12 heteroatoms. The Hall–Kier alpha value is -4.45. The van der Waals surface area contributed by atoms with Crippen LogP contribution in [0.3, 0.4) is 0 Å². The lowest BCUT2D eigenvalue weighted by atomic mass is 10.0. The number of unbranched alkanes of at least 4 members (excludes halogenated alkanes) is 2. The molecule has 0 aliphatic carbocycles. The van der Waals surface area contributed by atoms with Gasteiger partial charge < -0.3 is 19.7 Å². The lowest BCUT2D eigenvalue weighted by Crippen LogP contribution is -2.35. The molecule has 8 nitrogen and oxygen atoms in total. The third kappa shape index (κ3) is 9.53. The summed E-state index contributed by atoms with van der Waals surface area (Å²) in [5.74, 6) is 0.635. The molecule has 0 aliphatic rings. The van der Waals surface area contributed by atoms with E-state index in [1.807, 2.05) is 42.5 Å². The van der Waals surface area contributed by atoms with E-state index >= 15 is 0 Å². The molecule has 1 heterocycles. The van der Waals surface area contributed by atoms with E-state index in [9.17, 15) is 22.8 Å². The van der Waals surface area contributed by atoms with Gasteiger partial charge in [0.05, 0.1) is 19.8 Å². The fourth-order valence-corrected chi connectivity index (χ4v) is 5.57. The molecule has 244 valence electrons. The number of carbonyl (C=O) groups excluding carboxylic acids is 2. The predicted octanol–water partition coefficient (Wildman–Crippen LogP) is 7.69. The first-order valence-electron chi connectivity index (χ1n) is 15.0. The molecule has 2 amide bonds. The Morgan fingerprint density at radius 2 is 1.54 bits per heavy atom. The van der Waals surface area contributed by atoms with Crippen LogP contribution in [0.2, 0.25) is 0 Å². The first-order chi connectivity index (χ1) is 22.1. The second-order valence-corrected chi connectivity index (χ2v) is 11.6. The highest BCUT2D eigenvalue weighted by molar-refractivity contribution is 7.18. The Balaban J connectivity index is 1.42. The van der Waals surface area contributed by atoms with Crippen molar-refractivity contribution in [1.29, 1.82) is 0 Å². The number of halogens is 3. The smallest absolute Gasteiger partial charge is 0.416 e. The number of nitrogens with zero attached hydrogens (tertiary/aromatic N) is 3. The minimum atomic E-state index is -4.44. The highest BCUT2D eigenvalue weighted by Crippen LogP contribution is 2.32. The number of nitrogens with one attached hydrogen (secondary N) is 1. The van der Waals surface area contributed by atoms with Gasteiger partial charge in [0.15, 0.2) is 11.5 Å². The second kappa shape index (κ2) is 16.2. The van der Waals surface area contributed by atoms with E-state index in [-0.39, 0.29) is 29.9 Å². The fraction of sp³-hybridized carbons (Fsp3) is 0.353. The number of ether oxygens (including phenoxy) is 2. The monoisotopic (exact) mass is 654 g/mol. The number of alkyl halides is 3. The number of hydrogen-bond acceptors (Lipinski definition) is 7. The molecule has 4 rings (SSSR count). The lowest BCUT2D eigenvalue weighted by molar-refractivity contribution is -0.137. The van der Waals surface area contributed by atoms with Gasteiger partial charge in [0.2, 0.25) is 11.0 Å². The van der Waals surface area contributed by atoms with E-state index in [1.54, 1.807) is 19.1 Å². The van der Waals surface area contributed by atoms with E-state index < -0.39 is 11.7 Å². The summed E-state index contributed by atoms with van der Waals surface area (Å²) in [5.41, 5.74) is 2.35. The van der Waals surface area contributed by atoms with E-state index in [2.05, 4.69) is 22.4 Å². The van der Waals surface area contributed by atoms with Gasteiger partial charge >= 0.3 is 6.18 Å². The molecule has 0 radical (unpaired) electrons. The summed E-state index contributed by atoms with van der Waals surface area (Å²) in [6.07, 6.45) is 0.429. The van der Waals surface area contributed by atoms with Gasteiger partial charge in [-0.05, 0) is 66.8 Å². The topological polar surface area (TPSA) is 93.7 Å². The Bertz CT molecular complexity index is 1590. The Morgan fingerprint density at radius 1 is 0.848 bits per heavy atom. The van der Waals surface area contributed by atoms with Crippen molar-refractivity contribution in [3.63, 3.8) is 0 Å². The van der Waals surface area contributed by atoms with Crippen molar-refractivity contribution in [2.24, 2.45) is 0 Å². The van der Waals surface area contributed by atoms with Crippen molar-refractivity contribution in [2.75, 3.05) is 32.6 Å². The molecule has 0 unspecified atom stereocenters. The molecule has 0 saturated heterocycles. The van der Waals surface area contributed by atoms with E-state index in [0.29, 0.717) is 40.6 Å². The van der Waals surface area contributed by atoms with Gasteiger partial charge in [-0.25, -0.2) is 0 Å². The minimum absolute atomic E-state index is 0.00195. The number of methoxy groups -OCH3 is 2. The van der Waals surface area contributed by atoms with Gasteiger partial charge in [0.1, 0.15) is 5.01 Å². The van der Waals surface area contributed by atoms with E-state index in [4.69, 9.17) is 9.47 Å². The average Bonchev–Trinajstić information content (AvgIpc) is 3.52. The van der Waals surface area contributed by atoms with Crippen molar-refractivity contribution in [2.45, 2.75) is 51.6 Å². The number of rotatable bonds is 15. The molecule has 1 N–H and O–H groups in total. The normalized spacial score (nSPS) is 11.3. The van der Waals surface area contributed by atoms with Crippen LogP contribution in [0.25, 0.3) is 10.6 Å². The number of amides is 2. The van der Waals surface area contributed by atoms with Crippen LogP contribution in [-0.4, -0.2) is 54.2 Å². The largest absolute Gasteiger partial charge is 0.493 e. The molecule has 0 bridgehead atoms. The molecule has 1 aromatic heterocycles. The molecule has 0 atom stereocenters. The molecule has 4 aromatic rings. The number of benzene rings is 3. The number of aromatic nitrogens is 2. The van der Waals surface area contributed by atoms with Crippen LogP contribution in [0.1, 0.15) is 59.7 Å². The zero-order valence-electron chi connectivity index (χ0n) is 26.0. The summed E-state index contributed by atoms with van der Waals surface area (Å²) in [7, 11) is 3.13. The van der Waals surface area contributed by atoms with Gasteiger partial charge in [-0.2, -0.15) is 13.2 Å². The lowest BCUT2D eigenvalue weighted by Gasteiger charge is -2.23. The van der Waals surface area contributed by atoms with Gasteiger partial charge in [0, 0.05) is 30.6 Å². The maximum atomic E-state index is 13.6. The van der Waals surface area contributed by atoms with Crippen LogP contribution < -0.4 is 14.8 Å². The van der Waals surface area contributed by atoms with Gasteiger partial charge in [-0.3, -0.25) is 9.59 Å². The molecular formula is C34H37F3N4O4S. The maximum absolute atomic E-state index is 13.6. The predicted molar refractivity (Wildman–Crippen MR) is 172 cm³/mol. The van der Waals surface area contributed by atoms with Gasteiger partial charge in [-0.15, -0.1) is 10.2 Å². The third-order valence-electron chi connectivity index (χ3n) is 7.41. The van der Waals surface area contributed by atoms with Crippen molar-refractivity contribution < 1.29 is 32.2 Å². The van der Waals surface area contributed by atoms with E-state index in [1.165, 1.54) is 17.7 Å². The van der Waals surface area contributed by atoms with Crippen LogP contribution in [0.5, 0.6) is 11.5 Å². The van der Waals surface area contributed by atoms with Gasteiger partial charge in [-0.1, -0.05) is 61.4 Å². The standard InChI is InChI=1S/C34H37F3N4O4S/c1-4-5-6-7-23-8-11-26(12-9-23)32(43)41(20-18-24-10-17-28(44-2)29(22-24)45-3)21-19-30(42)38-33-40-39-31(46-33)25-13-15-27(16-14-25)34(35,36)37/h8-17,22H,4-7,18-21H2,1-3H3,(H,38,40,42). The average molecular weight is 655 g/mol. The maximum Gasteiger partial charge on any atom is 0.416 e. The minimum Gasteiger partial charge on any atom is -0.493 e. The van der Waals surface area contributed by atoms with Gasteiger partial charge in [0.25, 0.3) is 5.91 Å². The fourth-order valence-electron chi connectivity index (χ4n) is 4.80. The molecular weight excluding hydrogens is 617 g/mol. The summed E-state index contributed by atoms with van der Waals surface area (Å²) < 4.78 is 49.4. The molecule has 46 heavy (non-hydrogen) atoms. The molecule has 0 saturated carbocycles. The Morgan fingerprint density at radius 3 is 2.20 bits per heavy atom. The van der Waals surface area contributed by atoms with Crippen molar-refractivity contribution in [1.82, 2.24) is 15.1 Å². The summed E-state index contributed by atoms with van der Waals surface area (Å²) in [6, 6.07) is 17.8. The van der Waals surface area contributed by atoms with Crippen molar-refractivity contribution in [3.05, 3.63) is 89.0 Å². The summed E-state index contributed by atoms with van der Waals surface area (Å²) in [5, 5.41) is 11.2. The molecule has 0 fully saturated rings. The van der Waals surface area contributed by atoms with Crippen molar-refractivity contribution in [3.8, 4) is 22.1 Å². The van der Waals surface area contributed by atoms with Crippen LogP contribution in [-0.2, 0) is 23.8 Å². The summed E-state index contributed by atoms with van der Waals surface area (Å²) in [4.78, 5) is 28.2. The number of carbonyl (C=O) groups is 2. The highest BCUT2D eigenvalue weighted by Gasteiger charge is 2.30. The SMILES string of the molecule is CCCCCc1ccc(C(=O)N(CCC(=O)Nc2nnc(-c3ccc(C(F)(F)F)cc3)s2)CCc2ccc(OC)c(OC)c2)cc1. The summed E-state index contributed by atoms with van der Waals surface area (Å²) in [6.45, 7) is 2.67. The number of hydrogen-bond donors (Lipinski definition) is 1. The molecule has 0 aliphatic heterocycles. The van der Waals surface area contributed by atoms with E-state index in [0.717, 1.165) is 54.7 Å². The quantitative estimate of drug-likeness (QED) is 0.132. The third-order valence-corrected chi connectivity index (χ3v) is 8.30. The molecule has 3 aromatic carbocycles. The first-order valence-corrected chi connectivity index (χ1v) is 15.8. The zero-order chi connectivity index (χ0) is 33.1. The Kier molecular flexibility index (Phi) is 12.1. The van der Waals surface area contributed by atoms with Crippen LogP contribution in [0.15, 0.2) is 66.7 Å². The number of aryl methyl sites for hydroxylation is 1. The van der Waals surface area contributed by atoms with Crippen molar-refractivity contribution >= 4 is 28.3 Å². The highest BCUT2D eigenvalue weighted by atomic mass is 32.1. The van der Waals surface area contributed by atoms with Crippen LogP contribution >= 0.6 is 11.3 Å². The molecule has 0 spiro atoms. The summed E-state index contributed by atoms with van der Waals surface area (Å²) >= 11 is 1.05. The van der Waals surface area contributed by atoms with Crippen LogP contribution in [0.4, 0.5) is 18.3 Å².